The Morgan fingerprint density at radius 3 is 2.18 bits per heavy atom. The number of carbonyl (C=O) groups excluding carboxylic acids is 2. The molecule has 1 atom stereocenters. The number of ether oxygens (including phenoxy) is 2. The second kappa shape index (κ2) is 11.2. The highest BCUT2D eigenvalue weighted by Gasteiger charge is 2.30. The van der Waals surface area contributed by atoms with Gasteiger partial charge in [-0.05, 0) is 42.5 Å². The van der Waals surface area contributed by atoms with Gasteiger partial charge in [0, 0.05) is 12.5 Å². The number of fused-ring (bicyclic) bond motifs is 3. The van der Waals surface area contributed by atoms with Gasteiger partial charge in [-0.2, -0.15) is 0 Å². The van der Waals surface area contributed by atoms with Crippen molar-refractivity contribution in [2.45, 2.75) is 51.2 Å². The summed E-state index contributed by atoms with van der Waals surface area (Å²) in [7, 11) is 0. The summed E-state index contributed by atoms with van der Waals surface area (Å²) >= 11 is 0. The second-order valence-corrected chi connectivity index (χ2v) is 8.87. The van der Waals surface area contributed by atoms with Crippen molar-refractivity contribution in [1.82, 2.24) is 10.6 Å². The highest BCUT2D eigenvalue weighted by Crippen LogP contribution is 2.44. The molecule has 34 heavy (non-hydrogen) atoms. The number of hydrogen-bond donors (Lipinski definition) is 3. The Kier molecular flexibility index (Phi) is 8.28. The zero-order valence-electron chi connectivity index (χ0n) is 19.8. The van der Waals surface area contributed by atoms with Gasteiger partial charge in [-0.1, -0.05) is 55.5 Å². The first kappa shape index (κ1) is 25.2. The van der Waals surface area contributed by atoms with Gasteiger partial charge < -0.3 is 25.2 Å². The number of nitrogens with one attached hydrogen (secondary N) is 2. The number of carbonyl (C=O) groups is 3. The van der Waals surface area contributed by atoms with Crippen molar-refractivity contribution in [2.75, 3.05) is 19.8 Å². The van der Waals surface area contributed by atoms with Crippen LogP contribution in [0.3, 0.4) is 0 Å². The maximum atomic E-state index is 12.5. The minimum absolute atomic E-state index is 0.0706. The molecule has 1 unspecified atom stereocenters. The molecule has 2 aromatic rings. The Hall–Kier alpha value is -3.39. The summed E-state index contributed by atoms with van der Waals surface area (Å²) in [5, 5.41) is 14.2. The molecule has 0 aliphatic heterocycles. The van der Waals surface area contributed by atoms with Crippen LogP contribution in [0.5, 0.6) is 0 Å². The Balaban J connectivity index is 1.57. The highest BCUT2D eigenvalue weighted by molar-refractivity contribution is 5.89. The van der Waals surface area contributed by atoms with Crippen LogP contribution in [0, 0.1) is 0 Å². The van der Waals surface area contributed by atoms with Gasteiger partial charge in [-0.3, -0.25) is 9.59 Å². The SMILES string of the molecule is CCC(C)(C)OCCNC(=O)C(CC(=O)O)NC(=O)OCC1c2ccccc2-c2ccccc21. The summed E-state index contributed by atoms with van der Waals surface area (Å²) in [6.45, 7) is 6.44. The van der Waals surface area contributed by atoms with Crippen LogP contribution in [-0.2, 0) is 19.1 Å². The van der Waals surface area contributed by atoms with E-state index in [1.807, 2.05) is 69.3 Å². The van der Waals surface area contributed by atoms with Crippen LogP contribution >= 0.6 is 0 Å². The Morgan fingerprint density at radius 2 is 1.62 bits per heavy atom. The first-order valence-corrected chi connectivity index (χ1v) is 11.5. The predicted molar refractivity (Wildman–Crippen MR) is 128 cm³/mol. The van der Waals surface area contributed by atoms with E-state index in [0.29, 0.717) is 0 Å². The molecule has 0 radical (unpaired) electrons. The van der Waals surface area contributed by atoms with Crippen molar-refractivity contribution in [1.29, 1.82) is 0 Å². The van der Waals surface area contributed by atoms with E-state index in [1.165, 1.54) is 0 Å². The zero-order chi connectivity index (χ0) is 24.7. The lowest BCUT2D eigenvalue weighted by molar-refractivity contribution is -0.139. The lowest BCUT2D eigenvalue weighted by atomic mass is 9.98. The van der Waals surface area contributed by atoms with E-state index in [-0.39, 0.29) is 31.3 Å². The molecule has 3 N–H and O–H groups in total. The number of hydrogen-bond acceptors (Lipinski definition) is 5. The number of benzene rings is 2. The minimum atomic E-state index is -1.26. The smallest absolute Gasteiger partial charge is 0.407 e. The average Bonchev–Trinajstić information content (AvgIpc) is 3.13. The molecular formula is C26H32N2O6. The minimum Gasteiger partial charge on any atom is -0.481 e. The molecule has 8 heteroatoms. The molecule has 0 saturated carbocycles. The van der Waals surface area contributed by atoms with Gasteiger partial charge in [-0.25, -0.2) is 4.79 Å². The van der Waals surface area contributed by atoms with E-state index in [1.54, 1.807) is 0 Å². The Morgan fingerprint density at radius 1 is 1.03 bits per heavy atom. The lowest BCUT2D eigenvalue weighted by Gasteiger charge is -2.24. The number of carboxylic acid groups (broad SMARTS) is 1. The molecule has 2 amide bonds. The first-order chi connectivity index (χ1) is 16.2. The molecule has 0 saturated heterocycles. The number of amides is 2. The van der Waals surface area contributed by atoms with Gasteiger partial charge in [-0.15, -0.1) is 0 Å². The quantitative estimate of drug-likeness (QED) is 0.434. The summed E-state index contributed by atoms with van der Waals surface area (Å²) < 4.78 is 11.1. The molecule has 0 spiro atoms. The molecule has 2 aromatic carbocycles. The third-order valence-corrected chi connectivity index (χ3v) is 6.08. The number of alkyl carbamates (subject to hydrolysis) is 1. The average molecular weight is 469 g/mol. The van der Waals surface area contributed by atoms with E-state index >= 15 is 0 Å². The number of rotatable bonds is 11. The monoisotopic (exact) mass is 468 g/mol. The Bertz CT molecular complexity index is 990. The van der Waals surface area contributed by atoms with Crippen molar-refractivity contribution in [2.24, 2.45) is 0 Å². The van der Waals surface area contributed by atoms with Crippen LogP contribution in [0.2, 0.25) is 0 Å². The molecule has 0 heterocycles. The van der Waals surface area contributed by atoms with E-state index < -0.39 is 30.4 Å². The maximum absolute atomic E-state index is 12.5. The summed E-state index contributed by atoms with van der Waals surface area (Å²) in [6.07, 6.45) is -0.588. The molecule has 8 nitrogen and oxygen atoms in total. The second-order valence-electron chi connectivity index (χ2n) is 8.87. The third kappa shape index (κ3) is 6.35. The fraction of sp³-hybridized carbons (Fsp3) is 0.423. The van der Waals surface area contributed by atoms with Crippen molar-refractivity contribution >= 4 is 18.0 Å². The lowest BCUT2D eigenvalue weighted by Crippen LogP contribution is -2.49. The Labute approximate surface area is 199 Å². The van der Waals surface area contributed by atoms with Gasteiger partial charge in [0.2, 0.25) is 5.91 Å². The standard InChI is InChI=1S/C26H32N2O6/c1-4-26(2,3)34-14-13-27-24(31)22(15-23(29)30)28-25(32)33-16-21-19-11-7-5-9-17(19)18-10-6-8-12-20(18)21/h5-12,21-22H,4,13-16H2,1-3H3,(H,27,31)(H,28,32)(H,29,30). The number of aliphatic carboxylic acids is 1. The summed E-state index contributed by atoms with van der Waals surface area (Å²) in [4.78, 5) is 36.2. The van der Waals surface area contributed by atoms with E-state index in [0.717, 1.165) is 28.7 Å². The first-order valence-electron chi connectivity index (χ1n) is 11.5. The topological polar surface area (TPSA) is 114 Å². The fourth-order valence-electron chi connectivity index (χ4n) is 3.89. The molecule has 0 bridgehead atoms. The van der Waals surface area contributed by atoms with Crippen molar-refractivity contribution in [3.63, 3.8) is 0 Å². The summed E-state index contributed by atoms with van der Waals surface area (Å²) in [6, 6.07) is 14.6. The normalized spacial score (nSPS) is 13.5. The summed E-state index contributed by atoms with van der Waals surface area (Å²) in [5.74, 6) is -1.94. The van der Waals surface area contributed by atoms with Gasteiger partial charge in [0.25, 0.3) is 0 Å². The fourth-order valence-corrected chi connectivity index (χ4v) is 3.89. The van der Waals surface area contributed by atoms with Crippen molar-refractivity contribution in [3.05, 3.63) is 59.7 Å². The zero-order valence-corrected chi connectivity index (χ0v) is 19.8. The van der Waals surface area contributed by atoms with Crippen LogP contribution in [-0.4, -0.2) is 54.5 Å². The molecule has 0 fully saturated rings. The van der Waals surface area contributed by atoms with Gasteiger partial charge in [0.15, 0.2) is 0 Å². The van der Waals surface area contributed by atoms with Crippen molar-refractivity contribution in [3.8, 4) is 11.1 Å². The van der Waals surface area contributed by atoms with Crippen LogP contribution in [0.1, 0.15) is 50.7 Å². The molecule has 1 aliphatic carbocycles. The van der Waals surface area contributed by atoms with Crippen LogP contribution in [0.4, 0.5) is 4.79 Å². The predicted octanol–water partition coefficient (Wildman–Crippen LogP) is 3.69. The van der Waals surface area contributed by atoms with E-state index in [4.69, 9.17) is 9.47 Å². The van der Waals surface area contributed by atoms with Gasteiger partial charge in [0.05, 0.1) is 18.6 Å². The van der Waals surface area contributed by atoms with Crippen LogP contribution in [0.25, 0.3) is 11.1 Å². The maximum Gasteiger partial charge on any atom is 0.407 e. The molecule has 1 aliphatic rings. The number of carboxylic acids is 1. The van der Waals surface area contributed by atoms with E-state index in [2.05, 4.69) is 10.6 Å². The van der Waals surface area contributed by atoms with Gasteiger partial charge >= 0.3 is 12.1 Å². The molecule has 3 rings (SSSR count). The van der Waals surface area contributed by atoms with Crippen molar-refractivity contribution < 1.29 is 29.0 Å². The molecular weight excluding hydrogens is 436 g/mol. The van der Waals surface area contributed by atoms with Crippen LogP contribution < -0.4 is 10.6 Å². The molecule has 182 valence electrons. The van der Waals surface area contributed by atoms with E-state index in [9.17, 15) is 19.5 Å². The molecule has 0 aromatic heterocycles. The van der Waals surface area contributed by atoms with Gasteiger partial charge in [0.1, 0.15) is 12.6 Å². The highest BCUT2D eigenvalue weighted by atomic mass is 16.5. The largest absolute Gasteiger partial charge is 0.481 e. The van der Waals surface area contributed by atoms with Crippen LogP contribution in [0.15, 0.2) is 48.5 Å². The summed E-state index contributed by atoms with van der Waals surface area (Å²) in [5.41, 5.74) is 4.01. The third-order valence-electron chi connectivity index (χ3n) is 6.08.